The van der Waals surface area contributed by atoms with Crippen LogP contribution in [0, 0.1) is 0 Å². The zero-order valence-electron chi connectivity index (χ0n) is 14.4. The molecule has 0 spiro atoms. The third kappa shape index (κ3) is 4.10. The lowest BCUT2D eigenvalue weighted by Gasteiger charge is -2.32. The van der Waals surface area contributed by atoms with Crippen LogP contribution in [-0.4, -0.2) is 32.0 Å². The molecule has 0 aliphatic heterocycles. The average molecular weight is 433 g/mol. The lowest BCUT2D eigenvalue weighted by molar-refractivity contribution is -0.376. The number of alkyl halides is 6. The van der Waals surface area contributed by atoms with Gasteiger partial charge >= 0.3 is 12.4 Å². The summed E-state index contributed by atoms with van der Waals surface area (Å²) in [6.07, 6.45) is -5.56. The van der Waals surface area contributed by atoms with Crippen LogP contribution in [0.2, 0.25) is 0 Å². The van der Waals surface area contributed by atoms with Gasteiger partial charge in [-0.05, 0) is 23.8 Å². The Morgan fingerprint density at radius 3 is 2.14 bits per heavy atom. The van der Waals surface area contributed by atoms with Gasteiger partial charge in [0.25, 0.3) is 5.60 Å². The van der Waals surface area contributed by atoms with E-state index in [-0.39, 0.29) is 0 Å². The lowest BCUT2D eigenvalue weighted by Crippen LogP contribution is -2.53. The molecule has 0 radical (unpaired) electrons. The molecule has 0 atom stereocenters. The Bertz CT molecular complexity index is 940. The third-order valence-electron chi connectivity index (χ3n) is 4.08. The Hall–Kier alpha value is -2.53. The van der Waals surface area contributed by atoms with Gasteiger partial charge in [-0.25, -0.2) is 4.98 Å². The Morgan fingerprint density at radius 1 is 0.931 bits per heavy atom. The van der Waals surface area contributed by atoms with E-state index in [1.54, 1.807) is 18.5 Å². The zero-order chi connectivity index (χ0) is 21.3. The number of aromatic nitrogens is 3. The van der Waals surface area contributed by atoms with E-state index in [4.69, 9.17) is 0 Å². The maximum absolute atomic E-state index is 13.0. The first kappa shape index (κ1) is 21.2. The van der Waals surface area contributed by atoms with Crippen LogP contribution in [-0.2, 0) is 11.4 Å². The van der Waals surface area contributed by atoms with Crippen LogP contribution < -0.4 is 0 Å². The van der Waals surface area contributed by atoms with E-state index >= 15 is 0 Å². The second-order valence-electron chi connectivity index (χ2n) is 5.98. The summed E-state index contributed by atoms with van der Waals surface area (Å²) in [5.41, 5.74) is -5.05. The molecule has 3 rings (SSSR count). The SMILES string of the molecule is OC(c1ccc(-n2ccnc2SCc2cccnc2)cc1)(C(F)(F)F)C(F)(F)F. The number of aliphatic hydroxyl groups is 1. The van der Waals surface area contributed by atoms with E-state index in [9.17, 15) is 31.4 Å². The van der Waals surface area contributed by atoms with Gasteiger partial charge in [-0.15, -0.1) is 0 Å². The largest absolute Gasteiger partial charge is 0.430 e. The maximum atomic E-state index is 13.0. The van der Waals surface area contributed by atoms with Gasteiger partial charge in [-0.1, -0.05) is 30.0 Å². The fraction of sp³-hybridized carbons (Fsp3) is 0.222. The lowest BCUT2D eigenvalue weighted by atomic mass is 9.92. The van der Waals surface area contributed by atoms with E-state index in [1.165, 1.54) is 28.7 Å². The predicted octanol–water partition coefficient (Wildman–Crippen LogP) is 4.87. The van der Waals surface area contributed by atoms with E-state index in [0.717, 1.165) is 17.7 Å². The molecule has 1 aromatic carbocycles. The molecular weight excluding hydrogens is 420 g/mol. The molecule has 1 N–H and O–H groups in total. The van der Waals surface area contributed by atoms with Crippen LogP contribution in [0.15, 0.2) is 66.3 Å². The molecule has 29 heavy (non-hydrogen) atoms. The van der Waals surface area contributed by atoms with Crippen LogP contribution in [0.25, 0.3) is 5.69 Å². The topological polar surface area (TPSA) is 50.9 Å². The van der Waals surface area contributed by atoms with Crippen LogP contribution >= 0.6 is 11.8 Å². The quantitative estimate of drug-likeness (QED) is 0.461. The number of halogens is 6. The molecule has 0 amide bonds. The number of pyridine rings is 1. The van der Waals surface area contributed by atoms with Gasteiger partial charge < -0.3 is 5.11 Å². The van der Waals surface area contributed by atoms with Gasteiger partial charge in [0.1, 0.15) is 0 Å². The Kier molecular flexibility index (Phi) is 5.63. The minimum atomic E-state index is -5.92. The van der Waals surface area contributed by atoms with E-state index in [0.29, 0.717) is 28.7 Å². The summed E-state index contributed by atoms with van der Waals surface area (Å²) in [5.74, 6) is 0.519. The zero-order valence-corrected chi connectivity index (χ0v) is 15.3. The molecule has 0 aliphatic rings. The Labute approximate surface area is 165 Å². The first-order valence-electron chi connectivity index (χ1n) is 8.06. The fourth-order valence-electron chi connectivity index (χ4n) is 2.58. The summed E-state index contributed by atoms with van der Waals surface area (Å²) in [7, 11) is 0. The Balaban J connectivity index is 1.87. The molecule has 11 heteroatoms. The average Bonchev–Trinajstić information content (AvgIpc) is 3.13. The van der Waals surface area contributed by atoms with Crippen molar-refractivity contribution in [1.29, 1.82) is 0 Å². The molecule has 2 aromatic heterocycles. The molecule has 0 bridgehead atoms. The standard InChI is InChI=1S/C18H13F6N3OS/c19-17(20,21)16(28,18(22,23)24)13-3-5-14(6-4-13)27-9-8-26-15(27)29-11-12-2-1-7-25-10-12/h1-10,28H,11H2. The summed E-state index contributed by atoms with van der Waals surface area (Å²) in [4.78, 5) is 8.14. The van der Waals surface area contributed by atoms with Crippen molar-refractivity contribution in [3.63, 3.8) is 0 Å². The van der Waals surface area contributed by atoms with Gasteiger partial charge in [0, 0.05) is 41.8 Å². The van der Waals surface area contributed by atoms with Gasteiger partial charge in [0.05, 0.1) is 0 Å². The number of thioether (sulfide) groups is 1. The highest BCUT2D eigenvalue weighted by atomic mass is 32.2. The second-order valence-corrected chi connectivity index (χ2v) is 6.93. The van der Waals surface area contributed by atoms with Crippen molar-refractivity contribution in [3.8, 4) is 5.69 Å². The smallest absolute Gasteiger partial charge is 0.369 e. The number of nitrogens with zero attached hydrogens (tertiary/aromatic N) is 3. The second kappa shape index (κ2) is 7.71. The highest BCUT2D eigenvalue weighted by Gasteiger charge is 2.71. The highest BCUT2D eigenvalue weighted by molar-refractivity contribution is 7.98. The Morgan fingerprint density at radius 2 is 1.59 bits per heavy atom. The number of imidazole rings is 1. The molecule has 0 aliphatic carbocycles. The van der Waals surface area contributed by atoms with Gasteiger partial charge in [0.15, 0.2) is 5.16 Å². The molecule has 4 nitrogen and oxygen atoms in total. The monoisotopic (exact) mass is 433 g/mol. The number of rotatable bonds is 5. The van der Waals surface area contributed by atoms with E-state index in [2.05, 4.69) is 9.97 Å². The van der Waals surface area contributed by atoms with Crippen molar-refractivity contribution in [2.24, 2.45) is 0 Å². The number of hydrogen-bond donors (Lipinski definition) is 1. The minimum absolute atomic E-state index is 0.298. The summed E-state index contributed by atoms with van der Waals surface area (Å²) < 4.78 is 79.5. The van der Waals surface area contributed by atoms with Gasteiger partial charge in [-0.3, -0.25) is 9.55 Å². The minimum Gasteiger partial charge on any atom is -0.369 e. The number of hydrogen-bond acceptors (Lipinski definition) is 4. The van der Waals surface area contributed by atoms with Crippen molar-refractivity contribution in [2.45, 2.75) is 28.9 Å². The molecule has 0 saturated heterocycles. The van der Waals surface area contributed by atoms with Crippen molar-refractivity contribution < 1.29 is 31.4 Å². The van der Waals surface area contributed by atoms with Gasteiger partial charge in [-0.2, -0.15) is 26.3 Å². The van der Waals surface area contributed by atoms with Crippen molar-refractivity contribution in [3.05, 3.63) is 72.3 Å². The normalized spacial score (nSPS) is 12.9. The van der Waals surface area contributed by atoms with Crippen LogP contribution in [0.1, 0.15) is 11.1 Å². The van der Waals surface area contributed by atoms with Crippen LogP contribution in [0.5, 0.6) is 0 Å². The molecule has 0 fully saturated rings. The van der Waals surface area contributed by atoms with Crippen molar-refractivity contribution in [1.82, 2.24) is 14.5 Å². The summed E-state index contributed by atoms with van der Waals surface area (Å²) in [6.45, 7) is 0. The molecule has 0 unspecified atom stereocenters. The predicted molar refractivity (Wildman–Crippen MR) is 93.4 cm³/mol. The van der Waals surface area contributed by atoms with E-state index in [1.807, 2.05) is 6.07 Å². The van der Waals surface area contributed by atoms with Crippen LogP contribution in [0.4, 0.5) is 26.3 Å². The fourth-order valence-corrected chi connectivity index (χ4v) is 3.48. The van der Waals surface area contributed by atoms with Crippen molar-refractivity contribution >= 4 is 11.8 Å². The molecule has 154 valence electrons. The van der Waals surface area contributed by atoms with Crippen LogP contribution in [0.3, 0.4) is 0 Å². The molecule has 2 heterocycles. The number of benzene rings is 1. The summed E-state index contributed by atoms with van der Waals surface area (Å²) in [6, 6.07) is 6.96. The first-order valence-corrected chi connectivity index (χ1v) is 9.04. The first-order chi connectivity index (χ1) is 13.5. The highest BCUT2D eigenvalue weighted by Crippen LogP contribution is 2.50. The van der Waals surface area contributed by atoms with Crippen molar-refractivity contribution in [2.75, 3.05) is 0 Å². The summed E-state index contributed by atoms with van der Waals surface area (Å²) >= 11 is 1.32. The molecule has 3 aromatic rings. The third-order valence-corrected chi connectivity index (χ3v) is 5.12. The van der Waals surface area contributed by atoms with E-state index < -0.39 is 23.5 Å². The van der Waals surface area contributed by atoms with Gasteiger partial charge in [0.2, 0.25) is 0 Å². The molecular formula is C18H13F6N3OS. The summed E-state index contributed by atoms with van der Waals surface area (Å²) in [5, 5.41) is 9.95. The molecule has 0 saturated carbocycles. The maximum Gasteiger partial charge on any atom is 0.430 e.